The zero-order valence-electron chi connectivity index (χ0n) is 17.4. The largest absolute Gasteiger partial charge is 0.360 e. The Kier molecular flexibility index (Phi) is 6.50. The Labute approximate surface area is 189 Å². The highest BCUT2D eigenvalue weighted by Gasteiger charge is 2.30. The van der Waals surface area contributed by atoms with Crippen LogP contribution in [0.4, 0.5) is 4.39 Å². The number of aromatic nitrogens is 2. The summed E-state index contributed by atoms with van der Waals surface area (Å²) < 4.78 is 19.6. The maximum absolute atomic E-state index is 14.4. The first-order chi connectivity index (χ1) is 15.4. The first-order valence-corrected chi connectivity index (χ1v) is 10.7. The fourth-order valence-electron chi connectivity index (χ4n) is 4.02. The van der Waals surface area contributed by atoms with Crippen LogP contribution >= 0.6 is 11.6 Å². The van der Waals surface area contributed by atoms with Gasteiger partial charge in [0.2, 0.25) is 0 Å². The number of aryl methyl sites for hydroxylation is 1. The highest BCUT2D eigenvalue weighted by atomic mass is 35.5. The first-order valence-electron chi connectivity index (χ1n) is 10.3. The Hall–Kier alpha value is -3.26. The number of rotatable bonds is 6. The van der Waals surface area contributed by atoms with Gasteiger partial charge in [0, 0.05) is 25.0 Å². The van der Waals surface area contributed by atoms with Gasteiger partial charge in [-0.3, -0.25) is 14.6 Å². The summed E-state index contributed by atoms with van der Waals surface area (Å²) in [6.07, 6.45) is 5.50. The second-order valence-electron chi connectivity index (χ2n) is 7.86. The molecule has 0 bridgehead atoms. The SMILES string of the molecule is Cc1onc(-c2c(F)cccc2Cl)c1C(=O)N[C@@H]1CC[C@H](CNC(=O)c2cccnc2)C1. The number of hydrogen-bond acceptors (Lipinski definition) is 5. The van der Waals surface area contributed by atoms with Gasteiger partial charge in [0.1, 0.15) is 22.8 Å². The Balaban J connectivity index is 1.38. The Morgan fingerprint density at radius 3 is 2.81 bits per heavy atom. The van der Waals surface area contributed by atoms with Crippen molar-refractivity contribution in [1.82, 2.24) is 20.8 Å². The molecule has 2 N–H and O–H groups in total. The predicted molar refractivity (Wildman–Crippen MR) is 117 cm³/mol. The van der Waals surface area contributed by atoms with Gasteiger partial charge in [-0.1, -0.05) is 22.8 Å². The summed E-state index contributed by atoms with van der Waals surface area (Å²) in [5.41, 5.74) is 0.808. The van der Waals surface area contributed by atoms with Crippen LogP contribution in [0.2, 0.25) is 5.02 Å². The molecule has 1 aliphatic rings. The second-order valence-corrected chi connectivity index (χ2v) is 8.27. The van der Waals surface area contributed by atoms with Crippen LogP contribution in [0.3, 0.4) is 0 Å². The van der Waals surface area contributed by atoms with Crippen LogP contribution in [0.25, 0.3) is 11.3 Å². The van der Waals surface area contributed by atoms with E-state index in [1.807, 2.05) is 0 Å². The molecule has 0 saturated heterocycles. The summed E-state index contributed by atoms with van der Waals surface area (Å²) in [4.78, 5) is 29.2. The molecule has 3 aromatic rings. The van der Waals surface area contributed by atoms with Gasteiger partial charge < -0.3 is 15.2 Å². The van der Waals surface area contributed by atoms with Crippen molar-refractivity contribution < 1.29 is 18.5 Å². The standard InChI is InChI=1S/C23H22ClFN4O3/c1-13-19(21(29-32-13)20-17(24)5-2-6-18(20)25)23(31)28-16-8-7-14(10-16)11-27-22(30)15-4-3-9-26-12-15/h2-6,9,12,14,16H,7-8,10-11H2,1H3,(H,27,30)(H,28,31)/t14-,16+/m0/s1. The molecule has 1 aliphatic carbocycles. The van der Waals surface area contributed by atoms with Crippen LogP contribution < -0.4 is 10.6 Å². The summed E-state index contributed by atoms with van der Waals surface area (Å²) in [6, 6.07) is 7.63. The summed E-state index contributed by atoms with van der Waals surface area (Å²) in [5, 5.41) is 9.95. The molecule has 0 spiro atoms. The van der Waals surface area contributed by atoms with Crippen LogP contribution in [0, 0.1) is 18.7 Å². The highest BCUT2D eigenvalue weighted by molar-refractivity contribution is 6.33. The third-order valence-electron chi connectivity index (χ3n) is 5.64. The van der Waals surface area contributed by atoms with E-state index in [2.05, 4.69) is 20.8 Å². The van der Waals surface area contributed by atoms with Gasteiger partial charge in [-0.25, -0.2) is 4.39 Å². The monoisotopic (exact) mass is 456 g/mol. The summed E-state index contributed by atoms with van der Waals surface area (Å²) >= 11 is 6.15. The smallest absolute Gasteiger partial charge is 0.257 e. The average molecular weight is 457 g/mol. The molecule has 2 heterocycles. The zero-order chi connectivity index (χ0) is 22.7. The molecule has 2 amide bonds. The number of carbonyl (C=O) groups excluding carboxylic acids is 2. The quantitative estimate of drug-likeness (QED) is 0.580. The summed E-state index contributed by atoms with van der Waals surface area (Å²) in [6.45, 7) is 2.12. The van der Waals surface area contributed by atoms with Crippen molar-refractivity contribution in [2.45, 2.75) is 32.2 Å². The molecule has 1 aromatic carbocycles. The molecule has 2 aromatic heterocycles. The minimum absolute atomic E-state index is 0.0404. The van der Waals surface area contributed by atoms with E-state index in [4.69, 9.17) is 16.1 Å². The Morgan fingerprint density at radius 2 is 2.06 bits per heavy atom. The molecule has 7 nitrogen and oxygen atoms in total. The predicted octanol–water partition coefficient (Wildman–Crippen LogP) is 4.17. The lowest BCUT2D eigenvalue weighted by Crippen LogP contribution is -2.34. The average Bonchev–Trinajstić information content (AvgIpc) is 3.39. The summed E-state index contributed by atoms with van der Waals surface area (Å²) in [7, 11) is 0. The lowest BCUT2D eigenvalue weighted by molar-refractivity contribution is 0.0926. The molecule has 166 valence electrons. The van der Waals surface area contributed by atoms with Crippen LogP contribution in [-0.2, 0) is 0 Å². The summed E-state index contributed by atoms with van der Waals surface area (Å²) in [5.74, 6) is -0.606. The van der Waals surface area contributed by atoms with Gasteiger partial charge in [0.15, 0.2) is 0 Å². The molecule has 0 radical (unpaired) electrons. The molecule has 0 aliphatic heterocycles. The van der Waals surface area contributed by atoms with E-state index in [-0.39, 0.29) is 51.4 Å². The maximum atomic E-state index is 14.4. The molecule has 9 heteroatoms. The Morgan fingerprint density at radius 1 is 1.22 bits per heavy atom. The number of nitrogens with one attached hydrogen (secondary N) is 2. The molecule has 4 rings (SSSR count). The van der Waals surface area contributed by atoms with Gasteiger partial charge in [0.05, 0.1) is 16.1 Å². The molecular formula is C23H22ClFN4O3. The minimum Gasteiger partial charge on any atom is -0.360 e. The van der Waals surface area contributed by atoms with Crippen molar-refractivity contribution in [3.8, 4) is 11.3 Å². The topological polar surface area (TPSA) is 97.1 Å². The van der Waals surface area contributed by atoms with Gasteiger partial charge >= 0.3 is 0 Å². The fraction of sp³-hybridized carbons (Fsp3) is 0.304. The maximum Gasteiger partial charge on any atom is 0.257 e. The van der Waals surface area contributed by atoms with Crippen molar-refractivity contribution >= 4 is 23.4 Å². The van der Waals surface area contributed by atoms with Crippen LogP contribution in [-0.4, -0.2) is 34.5 Å². The lowest BCUT2D eigenvalue weighted by atomic mass is 10.0. The van der Waals surface area contributed by atoms with Crippen molar-refractivity contribution in [1.29, 1.82) is 0 Å². The van der Waals surface area contributed by atoms with Crippen LogP contribution in [0.15, 0.2) is 47.2 Å². The van der Waals surface area contributed by atoms with Crippen molar-refractivity contribution in [2.75, 3.05) is 6.54 Å². The van der Waals surface area contributed by atoms with Crippen molar-refractivity contribution in [2.24, 2.45) is 5.92 Å². The highest BCUT2D eigenvalue weighted by Crippen LogP contribution is 2.34. The minimum atomic E-state index is -0.579. The van der Waals surface area contributed by atoms with E-state index in [9.17, 15) is 14.0 Å². The van der Waals surface area contributed by atoms with Crippen molar-refractivity contribution in [3.05, 3.63) is 70.5 Å². The van der Waals surface area contributed by atoms with E-state index in [1.54, 1.807) is 25.3 Å². The number of amides is 2. The van der Waals surface area contributed by atoms with Gasteiger partial charge in [-0.2, -0.15) is 0 Å². The Bertz CT molecular complexity index is 1120. The third kappa shape index (κ3) is 4.65. The molecule has 2 atom stereocenters. The molecule has 1 fully saturated rings. The number of carbonyl (C=O) groups is 2. The second kappa shape index (κ2) is 9.48. The number of hydrogen-bond donors (Lipinski definition) is 2. The molecule has 0 unspecified atom stereocenters. The zero-order valence-corrected chi connectivity index (χ0v) is 18.2. The van der Waals surface area contributed by atoms with Gasteiger partial charge in [-0.15, -0.1) is 0 Å². The van der Waals surface area contributed by atoms with E-state index in [1.165, 1.54) is 24.4 Å². The number of nitrogens with zero attached hydrogens (tertiary/aromatic N) is 2. The normalized spacial score (nSPS) is 17.8. The van der Waals surface area contributed by atoms with E-state index >= 15 is 0 Å². The molecular weight excluding hydrogens is 435 g/mol. The van der Waals surface area contributed by atoms with E-state index in [0.29, 0.717) is 12.1 Å². The number of halogens is 2. The van der Waals surface area contributed by atoms with Gasteiger partial charge in [-0.05, 0) is 56.4 Å². The van der Waals surface area contributed by atoms with Crippen molar-refractivity contribution in [3.63, 3.8) is 0 Å². The van der Waals surface area contributed by atoms with E-state index in [0.717, 1.165) is 19.3 Å². The third-order valence-corrected chi connectivity index (χ3v) is 5.96. The first kappa shape index (κ1) is 22.0. The fourth-order valence-corrected chi connectivity index (χ4v) is 4.27. The number of benzene rings is 1. The lowest BCUT2D eigenvalue weighted by Gasteiger charge is -2.14. The van der Waals surface area contributed by atoms with E-state index < -0.39 is 5.82 Å². The number of pyridine rings is 1. The molecule has 32 heavy (non-hydrogen) atoms. The van der Waals surface area contributed by atoms with Gasteiger partial charge in [0.25, 0.3) is 11.8 Å². The van der Waals surface area contributed by atoms with Crippen LogP contribution in [0.5, 0.6) is 0 Å². The van der Waals surface area contributed by atoms with Crippen LogP contribution in [0.1, 0.15) is 45.7 Å². The molecule has 1 saturated carbocycles.